The van der Waals surface area contributed by atoms with Gasteiger partial charge in [0, 0.05) is 6.54 Å². The van der Waals surface area contributed by atoms with Gasteiger partial charge in [-0.2, -0.15) is 0 Å². The molecule has 1 N–H and O–H groups in total. The second kappa shape index (κ2) is 5.29. The summed E-state index contributed by atoms with van der Waals surface area (Å²) in [6.45, 7) is 7.24. The Hall–Kier alpha value is -1.42. The third kappa shape index (κ3) is 3.53. The minimum absolute atomic E-state index is 0.261. The van der Waals surface area contributed by atoms with Crippen LogP contribution in [0, 0.1) is 11.2 Å². The molecule has 1 aliphatic heterocycles. The van der Waals surface area contributed by atoms with Crippen LogP contribution in [0.3, 0.4) is 0 Å². The number of halogens is 1. The first kappa shape index (κ1) is 14.0. The third-order valence-electron chi connectivity index (χ3n) is 3.88. The Morgan fingerprint density at radius 2 is 2.00 bits per heavy atom. The summed E-state index contributed by atoms with van der Waals surface area (Å²) in [7, 11) is 0. The van der Waals surface area contributed by atoms with Crippen molar-refractivity contribution in [3.05, 3.63) is 35.1 Å². The van der Waals surface area contributed by atoms with Gasteiger partial charge in [0.15, 0.2) is 0 Å². The van der Waals surface area contributed by atoms with Gasteiger partial charge in [0.2, 0.25) is 0 Å². The first-order valence-corrected chi connectivity index (χ1v) is 6.61. The van der Waals surface area contributed by atoms with Crippen LogP contribution in [0.15, 0.2) is 18.2 Å². The van der Waals surface area contributed by atoms with Crippen LogP contribution in [0.5, 0.6) is 0 Å². The minimum Gasteiger partial charge on any atom is -0.478 e. The second-order valence-corrected chi connectivity index (χ2v) is 6.06. The molecule has 0 radical (unpaired) electrons. The minimum atomic E-state index is -1.22. The summed E-state index contributed by atoms with van der Waals surface area (Å²) in [6.07, 6.45) is 2.28. The van der Waals surface area contributed by atoms with Crippen molar-refractivity contribution in [3.63, 3.8) is 0 Å². The molecule has 0 unspecified atom stereocenters. The number of piperidine rings is 1. The molecule has 0 spiro atoms. The van der Waals surface area contributed by atoms with Crippen molar-refractivity contribution in [2.45, 2.75) is 33.2 Å². The van der Waals surface area contributed by atoms with E-state index in [1.807, 2.05) is 0 Å². The van der Waals surface area contributed by atoms with Crippen molar-refractivity contribution in [2.24, 2.45) is 5.41 Å². The van der Waals surface area contributed by atoms with E-state index in [0.29, 0.717) is 12.0 Å². The molecule has 104 valence electrons. The van der Waals surface area contributed by atoms with Gasteiger partial charge in [-0.15, -0.1) is 0 Å². The molecule has 2 rings (SSSR count). The average molecular weight is 265 g/mol. The molecule has 3 nitrogen and oxygen atoms in total. The first-order chi connectivity index (χ1) is 8.87. The number of likely N-dealkylation sites (tertiary alicyclic amines) is 1. The molecular formula is C15H20FNO2. The van der Waals surface area contributed by atoms with Gasteiger partial charge in [-0.1, -0.05) is 19.9 Å². The Bertz CT molecular complexity index is 475. The maximum Gasteiger partial charge on any atom is 0.338 e. The maximum absolute atomic E-state index is 13.6. The van der Waals surface area contributed by atoms with E-state index in [4.69, 9.17) is 5.11 Å². The van der Waals surface area contributed by atoms with Gasteiger partial charge in [-0.25, -0.2) is 9.18 Å². The number of carboxylic acids is 1. The smallest absolute Gasteiger partial charge is 0.338 e. The van der Waals surface area contributed by atoms with Gasteiger partial charge < -0.3 is 5.11 Å². The van der Waals surface area contributed by atoms with Crippen molar-refractivity contribution in [3.8, 4) is 0 Å². The van der Waals surface area contributed by atoms with Crippen LogP contribution in [-0.4, -0.2) is 29.1 Å². The number of hydrogen-bond acceptors (Lipinski definition) is 2. The lowest BCUT2D eigenvalue weighted by Gasteiger charge is -2.36. The summed E-state index contributed by atoms with van der Waals surface area (Å²) in [5, 5.41) is 8.79. The molecule has 1 aromatic carbocycles. The van der Waals surface area contributed by atoms with Crippen molar-refractivity contribution in [1.29, 1.82) is 0 Å². The number of benzene rings is 1. The zero-order valence-corrected chi connectivity index (χ0v) is 11.4. The van der Waals surface area contributed by atoms with Gasteiger partial charge in [-0.3, -0.25) is 4.90 Å². The number of carboxylic acid groups (broad SMARTS) is 1. The van der Waals surface area contributed by atoms with E-state index in [2.05, 4.69) is 18.7 Å². The quantitative estimate of drug-likeness (QED) is 0.912. The van der Waals surface area contributed by atoms with Crippen LogP contribution >= 0.6 is 0 Å². The number of aromatic carboxylic acids is 1. The average Bonchev–Trinajstić information content (AvgIpc) is 2.31. The Kier molecular flexibility index (Phi) is 3.90. The zero-order valence-electron chi connectivity index (χ0n) is 11.4. The molecule has 1 aliphatic rings. The highest BCUT2D eigenvalue weighted by Crippen LogP contribution is 2.30. The summed E-state index contributed by atoms with van der Waals surface area (Å²) in [5.41, 5.74) is 0.972. The van der Waals surface area contributed by atoms with E-state index in [-0.39, 0.29) is 5.56 Å². The predicted octanol–water partition coefficient (Wildman–Crippen LogP) is 3.15. The number of carbonyl (C=O) groups is 1. The Morgan fingerprint density at radius 1 is 1.37 bits per heavy atom. The topological polar surface area (TPSA) is 40.5 Å². The van der Waals surface area contributed by atoms with Crippen LogP contribution in [0.1, 0.15) is 42.6 Å². The SMILES string of the molecule is CC1(C)CCN(Cc2ccc(C(=O)O)c(F)c2)CC1. The maximum atomic E-state index is 13.6. The van der Waals surface area contributed by atoms with E-state index in [0.717, 1.165) is 31.5 Å². The molecule has 4 heteroatoms. The number of rotatable bonds is 3. The second-order valence-electron chi connectivity index (χ2n) is 6.06. The standard InChI is InChI=1S/C15H20FNO2/c1-15(2)5-7-17(8-6-15)10-11-3-4-12(14(18)19)13(16)9-11/h3-4,9H,5-8,10H2,1-2H3,(H,18,19). The van der Waals surface area contributed by atoms with E-state index in [1.165, 1.54) is 12.1 Å². The lowest BCUT2D eigenvalue weighted by molar-refractivity contribution is 0.0691. The van der Waals surface area contributed by atoms with Gasteiger partial charge in [0.1, 0.15) is 5.82 Å². The fourth-order valence-corrected chi connectivity index (χ4v) is 2.41. The third-order valence-corrected chi connectivity index (χ3v) is 3.88. The highest BCUT2D eigenvalue weighted by Gasteiger charge is 2.25. The molecule has 1 aromatic rings. The molecule has 0 aliphatic carbocycles. The van der Waals surface area contributed by atoms with Crippen LogP contribution < -0.4 is 0 Å². The summed E-state index contributed by atoms with van der Waals surface area (Å²) in [4.78, 5) is 13.0. The highest BCUT2D eigenvalue weighted by atomic mass is 19.1. The molecule has 0 amide bonds. The molecule has 1 heterocycles. The summed E-state index contributed by atoms with van der Waals surface area (Å²) >= 11 is 0. The highest BCUT2D eigenvalue weighted by molar-refractivity contribution is 5.87. The van der Waals surface area contributed by atoms with Crippen molar-refractivity contribution < 1.29 is 14.3 Å². The van der Waals surface area contributed by atoms with E-state index >= 15 is 0 Å². The molecule has 0 aromatic heterocycles. The first-order valence-electron chi connectivity index (χ1n) is 6.61. The molecular weight excluding hydrogens is 245 g/mol. The summed E-state index contributed by atoms with van der Waals surface area (Å²) < 4.78 is 13.6. The Balaban J connectivity index is 2.01. The summed E-state index contributed by atoms with van der Waals surface area (Å²) in [6, 6.07) is 4.39. The van der Waals surface area contributed by atoms with Crippen LogP contribution in [0.25, 0.3) is 0 Å². The summed E-state index contributed by atoms with van der Waals surface area (Å²) in [5.74, 6) is -1.87. The van der Waals surface area contributed by atoms with Crippen LogP contribution in [0.4, 0.5) is 4.39 Å². The van der Waals surface area contributed by atoms with Gasteiger partial charge in [0.05, 0.1) is 5.56 Å². The predicted molar refractivity (Wildman–Crippen MR) is 71.7 cm³/mol. The van der Waals surface area contributed by atoms with E-state index in [1.54, 1.807) is 6.07 Å². The van der Waals surface area contributed by atoms with Gasteiger partial charge in [-0.05, 0) is 49.0 Å². The van der Waals surface area contributed by atoms with Crippen LogP contribution in [0.2, 0.25) is 0 Å². The molecule has 1 saturated heterocycles. The molecule has 0 bridgehead atoms. The van der Waals surface area contributed by atoms with Gasteiger partial charge in [0.25, 0.3) is 0 Å². The molecule has 1 fully saturated rings. The van der Waals surface area contributed by atoms with Crippen molar-refractivity contribution >= 4 is 5.97 Å². The molecule has 0 atom stereocenters. The normalized spacial score (nSPS) is 19.3. The van der Waals surface area contributed by atoms with Crippen molar-refractivity contribution in [2.75, 3.05) is 13.1 Å². The Labute approximate surface area is 113 Å². The fraction of sp³-hybridized carbons (Fsp3) is 0.533. The van der Waals surface area contributed by atoms with Gasteiger partial charge >= 0.3 is 5.97 Å². The molecule has 19 heavy (non-hydrogen) atoms. The lowest BCUT2D eigenvalue weighted by atomic mass is 9.82. The van der Waals surface area contributed by atoms with E-state index < -0.39 is 11.8 Å². The number of hydrogen-bond donors (Lipinski definition) is 1. The monoisotopic (exact) mass is 265 g/mol. The molecule has 0 saturated carbocycles. The van der Waals surface area contributed by atoms with Crippen LogP contribution in [-0.2, 0) is 6.54 Å². The van der Waals surface area contributed by atoms with E-state index in [9.17, 15) is 9.18 Å². The largest absolute Gasteiger partial charge is 0.478 e. The fourth-order valence-electron chi connectivity index (χ4n) is 2.41. The Morgan fingerprint density at radius 3 is 2.53 bits per heavy atom. The number of nitrogens with zero attached hydrogens (tertiary/aromatic N) is 1. The lowest BCUT2D eigenvalue weighted by Crippen LogP contribution is -2.36. The zero-order chi connectivity index (χ0) is 14.0. The van der Waals surface area contributed by atoms with Crippen molar-refractivity contribution in [1.82, 2.24) is 4.90 Å².